The van der Waals surface area contributed by atoms with Crippen LogP contribution < -0.4 is 5.32 Å². The third kappa shape index (κ3) is 3.98. The van der Waals surface area contributed by atoms with E-state index in [1.54, 1.807) is 12.1 Å². The molecule has 1 aromatic carbocycles. The Balaban J connectivity index is 1.42. The molecule has 0 spiro atoms. The molecular formula is C19H23ClN4O. The van der Waals surface area contributed by atoms with E-state index in [9.17, 15) is 4.79 Å². The van der Waals surface area contributed by atoms with Gasteiger partial charge < -0.3 is 14.8 Å². The molecule has 1 aliphatic carbocycles. The fraction of sp³-hybridized carbons (Fsp3) is 0.474. The molecular weight excluding hydrogens is 336 g/mol. The summed E-state index contributed by atoms with van der Waals surface area (Å²) in [6.45, 7) is 2.57. The van der Waals surface area contributed by atoms with Gasteiger partial charge in [0.25, 0.3) is 0 Å². The summed E-state index contributed by atoms with van der Waals surface area (Å²) in [5.74, 6) is 2.26. The van der Waals surface area contributed by atoms with Crippen LogP contribution in [-0.4, -0.2) is 33.6 Å². The van der Waals surface area contributed by atoms with Crippen LogP contribution in [0.2, 0.25) is 5.02 Å². The maximum atomic E-state index is 12.6. The Morgan fingerprint density at radius 2 is 2.20 bits per heavy atom. The summed E-state index contributed by atoms with van der Waals surface area (Å²) in [7, 11) is 0. The molecule has 25 heavy (non-hydrogen) atoms. The lowest BCUT2D eigenvalue weighted by Gasteiger charge is -2.32. The Kier molecular flexibility index (Phi) is 4.66. The molecule has 1 saturated heterocycles. The zero-order valence-corrected chi connectivity index (χ0v) is 15.0. The van der Waals surface area contributed by atoms with Crippen LogP contribution >= 0.6 is 11.6 Å². The van der Waals surface area contributed by atoms with Crippen molar-refractivity contribution in [3.63, 3.8) is 0 Å². The quantitative estimate of drug-likeness (QED) is 0.882. The van der Waals surface area contributed by atoms with Crippen LogP contribution in [0.3, 0.4) is 0 Å². The topological polar surface area (TPSA) is 50.2 Å². The molecule has 2 heterocycles. The summed E-state index contributed by atoms with van der Waals surface area (Å²) in [6.07, 6.45) is 8.72. The average Bonchev–Trinajstić information content (AvgIpc) is 3.30. The van der Waals surface area contributed by atoms with Crippen LogP contribution in [0, 0.1) is 5.92 Å². The smallest absolute Gasteiger partial charge is 0.321 e. The maximum Gasteiger partial charge on any atom is 0.321 e. The van der Waals surface area contributed by atoms with E-state index in [1.807, 2.05) is 23.2 Å². The Labute approximate surface area is 153 Å². The van der Waals surface area contributed by atoms with Crippen LogP contribution in [0.25, 0.3) is 0 Å². The summed E-state index contributed by atoms with van der Waals surface area (Å²) < 4.78 is 2.29. The molecule has 2 aliphatic rings. The molecule has 6 heteroatoms. The molecule has 1 atom stereocenters. The maximum absolute atomic E-state index is 12.6. The van der Waals surface area contributed by atoms with Gasteiger partial charge in [-0.05, 0) is 49.8 Å². The first-order valence-electron chi connectivity index (χ1n) is 9.01. The van der Waals surface area contributed by atoms with Crippen molar-refractivity contribution >= 4 is 23.3 Å². The van der Waals surface area contributed by atoms with Crippen molar-refractivity contribution < 1.29 is 4.79 Å². The van der Waals surface area contributed by atoms with Gasteiger partial charge in [-0.1, -0.05) is 17.7 Å². The number of rotatable bonds is 4. The van der Waals surface area contributed by atoms with Gasteiger partial charge in [0.1, 0.15) is 5.82 Å². The number of amides is 2. The normalized spacial score (nSPS) is 20.5. The van der Waals surface area contributed by atoms with Gasteiger partial charge in [0.2, 0.25) is 0 Å². The third-order valence-corrected chi connectivity index (χ3v) is 5.28. The first-order valence-corrected chi connectivity index (χ1v) is 9.39. The first-order chi connectivity index (χ1) is 12.2. The second kappa shape index (κ2) is 7.08. The number of piperidine rings is 1. The average molecular weight is 359 g/mol. The van der Waals surface area contributed by atoms with Crippen molar-refractivity contribution in [3.8, 4) is 0 Å². The van der Waals surface area contributed by atoms with Crippen molar-refractivity contribution in [1.82, 2.24) is 14.5 Å². The van der Waals surface area contributed by atoms with Gasteiger partial charge in [0.05, 0.1) is 0 Å². The van der Waals surface area contributed by atoms with E-state index in [2.05, 4.69) is 21.1 Å². The number of anilines is 1. The van der Waals surface area contributed by atoms with Crippen LogP contribution in [0.5, 0.6) is 0 Å². The predicted molar refractivity (Wildman–Crippen MR) is 99.0 cm³/mol. The van der Waals surface area contributed by atoms with Crippen LogP contribution in [0.15, 0.2) is 36.7 Å². The van der Waals surface area contributed by atoms with E-state index in [1.165, 1.54) is 12.8 Å². The van der Waals surface area contributed by atoms with E-state index in [-0.39, 0.29) is 6.03 Å². The summed E-state index contributed by atoms with van der Waals surface area (Å²) in [4.78, 5) is 19.1. The fourth-order valence-electron chi connectivity index (χ4n) is 3.55. The Morgan fingerprint density at radius 1 is 1.32 bits per heavy atom. The van der Waals surface area contributed by atoms with Gasteiger partial charge in [-0.15, -0.1) is 0 Å². The number of imidazole rings is 1. The Bertz CT molecular complexity index is 755. The van der Waals surface area contributed by atoms with Crippen molar-refractivity contribution in [2.24, 2.45) is 5.92 Å². The molecule has 0 radical (unpaired) electrons. The van der Waals surface area contributed by atoms with Gasteiger partial charge in [-0.2, -0.15) is 0 Å². The summed E-state index contributed by atoms with van der Waals surface area (Å²) in [5, 5.41) is 3.57. The van der Waals surface area contributed by atoms with Crippen molar-refractivity contribution in [2.45, 2.75) is 38.1 Å². The standard InChI is InChI=1S/C19H23ClN4O/c20-16-4-1-5-17(11-16)22-19(25)24-9-2-3-15(13-24)18-21-8-10-23(18)12-14-6-7-14/h1,4-5,8,10-11,14-15H,2-3,6-7,9,12-13H2,(H,22,25). The molecule has 2 aromatic rings. The molecule has 1 aromatic heterocycles. The van der Waals surface area contributed by atoms with Crippen LogP contribution in [0.1, 0.15) is 37.4 Å². The van der Waals surface area contributed by atoms with Crippen LogP contribution in [0.4, 0.5) is 10.5 Å². The summed E-state index contributed by atoms with van der Waals surface area (Å²) in [6, 6.07) is 7.20. The van der Waals surface area contributed by atoms with Crippen molar-refractivity contribution in [2.75, 3.05) is 18.4 Å². The number of hydrogen-bond acceptors (Lipinski definition) is 2. The molecule has 4 rings (SSSR count). The highest BCUT2D eigenvalue weighted by Crippen LogP contribution is 2.33. The second-order valence-electron chi connectivity index (χ2n) is 7.11. The lowest BCUT2D eigenvalue weighted by atomic mass is 9.97. The first kappa shape index (κ1) is 16.5. The molecule has 1 unspecified atom stereocenters. The zero-order valence-electron chi connectivity index (χ0n) is 14.2. The second-order valence-corrected chi connectivity index (χ2v) is 7.54. The van der Waals surface area contributed by atoms with Gasteiger partial charge in [0, 0.05) is 48.7 Å². The van der Waals surface area contributed by atoms with Crippen molar-refractivity contribution in [3.05, 3.63) is 47.5 Å². The van der Waals surface area contributed by atoms with E-state index in [0.29, 0.717) is 17.5 Å². The largest absolute Gasteiger partial charge is 0.334 e. The highest BCUT2D eigenvalue weighted by molar-refractivity contribution is 6.30. The number of carbonyl (C=O) groups is 1. The van der Waals surface area contributed by atoms with Gasteiger partial charge in [-0.3, -0.25) is 0 Å². The minimum Gasteiger partial charge on any atom is -0.334 e. The third-order valence-electron chi connectivity index (χ3n) is 5.05. The Morgan fingerprint density at radius 3 is 3.00 bits per heavy atom. The van der Waals surface area contributed by atoms with Gasteiger partial charge in [0.15, 0.2) is 0 Å². The number of carbonyl (C=O) groups excluding carboxylic acids is 1. The lowest BCUT2D eigenvalue weighted by molar-refractivity contribution is 0.190. The number of nitrogens with zero attached hydrogens (tertiary/aromatic N) is 3. The number of benzene rings is 1. The molecule has 0 bridgehead atoms. The van der Waals surface area contributed by atoms with Gasteiger partial charge in [-0.25, -0.2) is 9.78 Å². The minimum absolute atomic E-state index is 0.0627. The Hall–Kier alpha value is -2.01. The number of hydrogen-bond donors (Lipinski definition) is 1. The van der Waals surface area contributed by atoms with Gasteiger partial charge >= 0.3 is 6.03 Å². The highest BCUT2D eigenvalue weighted by atomic mass is 35.5. The minimum atomic E-state index is -0.0627. The zero-order chi connectivity index (χ0) is 17.2. The molecule has 1 aliphatic heterocycles. The molecule has 2 amide bonds. The van der Waals surface area contributed by atoms with E-state index < -0.39 is 0 Å². The van der Waals surface area contributed by atoms with Crippen LogP contribution in [-0.2, 0) is 6.54 Å². The predicted octanol–water partition coefficient (Wildman–Crippen LogP) is 4.36. The fourth-order valence-corrected chi connectivity index (χ4v) is 3.75. The number of nitrogens with one attached hydrogen (secondary N) is 1. The van der Waals surface area contributed by atoms with E-state index in [0.717, 1.165) is 43.4 Å². The summed E-state index contributed by atoms with van der Waals surface area (Å²) in [5.41, 5.74) is 0.731. The molecule has 1 saturated carbocycles. The molecule has 2 fully saturated rings. The monoisotopic (exact) mass is 358 g/mol. The number of likely N-dealkylation sites (tertiary alicyclic amines) is 1. The number of aromatic nitrogens is 2. The van der Waals surface area contributed by atoms with Crippen molar-refractivity contribution in [1.29, 1.82) is 0 Å². The molecule has 1 N–H and O–H groups in total. The number of urea groups is 1. The SMILES string of the molecule is O=C(Nc1cccc(Cl)c1)N1CCCC(c2nccn2CC2CC2)C1. The lowest BCUT2D eigenvalue weighted by Crippen LogP contribution is -2.42. The highest BCUT2D eigenvalue weighted by Gasteiger charge is 2.29. The van der Waals surface area contributed by atoms with E-state index >= 15 is 0 Å². The number of halogens is 1. The van der Waals surface area contributed by atoms with E-state index in [4.69, 9.17) is 11.6 Å². The molecule has 132 valence electrons. The summed E-state index contributed by atoms with van der Waals surface area (Å²) >= 11 is 5.99. The molecule has 5 nitrogen and oxygen atoms in total.